The summed E-state index contributed by atoms with van der Waals surface area (Å²) in [6.45, 7) is 5.48. The summed E-state index contributed by atoms with van der Waals surface area (Å²) >= 11 is 0. The van der Waals surface area contributed by atoms with E-state index in [1.54, 1.807) is 6.92 Å². The second-order valence-electron chi connectivity index (χ2n) is 4.33. The highest BCUT2D eigenvalue weighted by molar-refractivity contribution is 5.68. The van der Waals surface area contributed by atoms with E-state index in [4.69, 9.17) is 18.9 Å². The molecule has 108 valence electrons. The Kier molecular flexibility index (Phi) is 5.29. The van der Waals surface area contributed by atoms with Gasteiger partial charge in [-0.25, -0.2) is 0 Å². The summed E-state index contributed by atoms with van der Waals surface area (Å²) in [7, 11) is 0. The van der Waals surface area contributed by atoms with Crippen molar-refractivity contribution in [3.05, 3.63) is 0 Å². The van der Waals surface area contributed by atoms with Gasteiger partial charge in [0.2, 0.25) is 0 Å². The lowest BCUT2D eigenvalue weighted by molar-refractivity contribution is -0.222. The van der Waals surface area contributed by atoms with Gasteiger partial charge in [-0.2, -0.15) is 0 Å². The van der Waals surface area contributed by atoms with E-state index in [2.05, 4.69) is 0 Å². The Morgan fingerprint density at radius 2 is 1.37 bits per heavy atom. The molecule has 7 nitrogen and oxygen atoms in total. The lowest BCUT2D eigenvalue weighted by atomic mass is 10.0. The maximum absolute atomic E-state index is 11.1. The molecule has 1 heterocycles. The van der Waals surface area contributed by atoms with Crippen LogP contribution in [0.1, 0.15) is 27.7 Å². The molecule has 0 bridgehead atoms. The van der Waals surface area contributed by atoms with Gasteiger partial charge in [0, 0.05) is 20.8 Å². The minimum atomic E-state index is -0.867. The lowest BCUT2D eigenvalue weighted by Crippen LogP contribution is -2.56. The van der Waals surface area contributed by atoms with Gasteiger partial charge in [0.1, 0.15) is 0 Å². The molecule has 19 heavy (non-hydrogen) atoms. The normalized spacial score (nSPS) is 30.3. The van der Waals surface area contributed by atoms with Crippen LogP contribution in [0.15, 0.2) is 0 Å². The highest BCUT2D eigenvalue weighted by Crippen LogP contribution is 2.24. The monoisotopic (exact) mass is 274 g/mol. The summed E-state index contributed by atoms with van der Waals surface area (Å²) in [6, 6.07) is 0. The number of hydrogen-bond acceptors (Lipinski definition) is 7. The van der Waals surface area contributed by atoms with Crippen molar-refractivity contribution in [2.45, 2.75) is 52.1 Å². The fraction of sp³-hybridized carbons (Fsp3) is 0.750. The molecule has 1 fully saturated rings. The predicted molar refractivity (Wildman–Crippen MR) is 62.1 cm³/mol. The summed E-state index contributed by atoms with van der Waals surface area (Å²) in [6.07, 6.45) is -2.92. The quantitative estimate of drug-likeness (QED) is 0.536. The van der Waals surface area contributed by atoms with Gasteiger partial charge in [-0.05, 0) is 6.92 Å². The first-order valence-electron chi connectivity index (χ1n) is 5.94. The van der Waals surface area contributed by atoms with E-state index in [9.17, 15) is 14.4 Å². The molecular formula is C12H18O7. The molecule has 0 radical (unpaired) electrons. The number of hydrogen-bond donors (Lipinski definition) is 0. The smallest absolute Gasteiger partial charge is 0.303 e. The Balaban J connectivity index is 2.89. The molecule has 0 unspecified atom stereocenters. The molecule has 1 aliphatic rings. The maximum atomic E-state index is 11.1. The van der Waals surface area contributed by atoms with Crippen LogP contribution in [0.3, 0.4) is 0 Å². The molecule has 1 saturated heterocycles. The second-order valence-corrected chi connectivity index (χ2v) is 4.33. The van der Waals surface area contributed by atoms with Gasteiger partial charge in [0.05, 0.1) is 12.7 Å². The van der Waals surface area contributed by atoms with Crippen LogP contribution in [0, 0.1) is 0 Å². The molecule has 0 aliphatic carbocycles. The first-order valence-corrected chi connectivity index (χ1v) is 5.94. The van der Waals surface area contributed by atoms with Crippen LogP contribution in [-0.4, -0.2) is 48.9 Å². The molecule has 1 aliphatic heterocycles. The SMILES string of the molecule is CC(=O)O[C@@H]1[C@H](OC(C)=O)[C@H](C)OC[C@H]1OC(C)=O. The van der Waals surface area contributed by atoms with Crippen molar-refractivity contribution in [1.29, 1.82) is 0 Å². The Labute approximate surface area is 111 Å². The third-order valence-corrected chi connectivity index (χ3v) is 2.60. The van der Waals surface area contributed by atoms with Gasteiger partial charge < -0.3 is 18.9 Å². The molecule has 0 spiro atoms. The Morgan fingerprint density at radius 3 is 1.84 bits per heavy atom. The number of rotatable bonds is 3. The van der Waals surface area contributed by atoms with Crippen LogP contribution in [0.2, 0.25) is 0 Å². The molecule has 0 amide bonds. The zero-order chi connectivity index (χ0) is 14.6. The Hall–Kier alpha value is -1.63. The average Bonchev–Trinajstić information content (AvgIpc) is 2.25. The van der Waals surface area contributed by atoms with E-state index < -0.39 is 42.3 Å². The zero-order valence-corrected chi connectivity index (χ0v) is 11.4. The van der Waals surface area contributed by atoms with Crippen molar-refractivity contribution in [2.24, 2.45) is 0 Å². The fourth-order valence-corrected chi connectivity index (χ4v) is 1.92. The number of ether oxygens (including phenoxy) is 4. The van der Waals surface area contributed by atoms with Crippen LogP contribution < -0.4 is 0 Å². The summed E-state index contributed by atoms with van der Waals surface area (Å²) < 4.78 is 20.6. The average molecular weight is 274 g/mol. The minimum Gasteiger partial charge on any atom is -0.456 e. The van der Waals surface area contributed by atoms with Gasteiger partial charge in [0.15, 0.2) is 18.3 Å². The van der Waals surface area contributed by atoms with Gasteiger partial charge in [-0.1, -0.05) is 0 Å². The van der Waals surface area contributed by atoms with Gasteiger partial charge in [-0.3, -0.25) is 14.4 Å². The third kappa shape index (κ3) is 4.51. The first-order chi connectivity index (χ1) is 8.81. The van der Waals surface area contributed by atoms with E-state index in [0.29, 0.717) is 0 Å². The topological polar surface area (TPSA) is 88.1 Å². The standard InChI is InChI=1S/C12H18O7/c1-6-11(18-8(3)14)12(19-9(4)15)10(5-16-6)17-7(2)13/h6,10-12H,5H2,1-4H3/t6-,10+,11+,12-/m0/s1. The predicted octanol–water partition coefficient (Wildman–Crippen LogP) is 0.200. The third-order valence-electron chi connectivity index (χ3n) is 2.60. The van der Waals surface area contributed by atoms with E-state index in [1.165, 1.54) is 20.8 Å². The van der Waals surface area contributed by atoms with Crippen molar-refractivity contribution in [2.75, 3.05) is 6.61 Å². The molecule has 4 atom stereocenters. The molecule has 0 N–H and O–H groups in total. The van der Waals surface area contributed by atoms with Gasteiger partial charge >= 0.3 is 17.9 Å². The lowest BCUT2D eigenvalue weighted by Gasteiger charge is -2.39. The molecule has 0 aromatic heterocycles. The van der Waals surface area contributed by atoms with Gasteiger partial charge in [0.25, 0.3) is 0 Å². The highest BCUT2D eigenvalue weighted by Gasteiger charge is 2.44. The largest absolute Gasteiger partial charge is 0.456 e. The van der Waals surface area contributed by atoms with E-state index in [0.717, 1.165) is 0 Å². The Morgan fingerprint density at radius 1 is 0.895 bits per heavy atom. The molecule has 0 aromatic rings. The zero-order valence-electron chi connectivity index (χ0n) is 11.4. The van der Waals surface area contributed by atoms with Crippen LogP contribution in [0.5, 0.6) is 0 Å². The molecule has 1 rings (SSSR count). The highest BCUT2D eigenvalue weighted by atomic mass is 16.6. The maximum Gasteiger partial charge on any atom is 0.303 e. The van der Waals surface area contributed by atoms with Crippen molar-refractivity contribution in [1.82, 2.24) is 0 Å². The van der Waals surface area contributed by atoms with E-state index in [-0.39, 0.29) is 6.61 Å². The summed E-state index contributed by atoms with van der Waals surface area (Å²) in [5.41, 5.74) is 0. The summed E-state index contributed by atoms with van der Waals surface area (Å²) in [5, 5.41) is 0. The van der Waals surface area contributed by atoms with Crippen molar-refractivity contribution < 1.29 is 33.3 Å². The summed E-state index contributed by atoms with van der Waals surface area (Å²) in [4.78, 5) is 33.3. The number of carbonyl (C=O) groups is 3. The Bertz CT molecular complexity index is 365. The van der Waals surface area contributed by atoms with Gasteiger partial charge in [-0.15, -0.1) is 0 Å². The number of carbonyl (C=O) groups excluding carboxylic acids is 3. The molecular weight excluding hydrogens is 256 g/mol. The van der Waals surface area contributed by atoms with Crippen LogP contribution >= 0.6 is 0 Å². The van der Waals surface area contributed by atoms with Crippen LogP contribution in [0.25, 0.3) is 0 Å². The fourth-order valence-electron chi connectivity index (χ4n) is 1.92. The molecule has 0 saturated carbocycles. The van der Waals surface area contributed by atoms with Crippen LogP contribution in [-0.2, 0) is 33.3 Å². The van der Waals surface area contributed by atoms with Crippen LogP contribution in [0.4, 0.5) is 0 Å². The van der Waals surface area contributed by atoms with Crippen molar-refractivity contribution >= 4 is 17.9 Å². The minimum absolute atomic E-state index is 0.0798. The first kappa shape index (κ1) is 15.4. The van der Waals surface area contributed by atoms with E-state index >= 15 is 0 Å². The molecule has 0 aromatic carbocycles. The van der Waals surface area contributed by atoms with Crippen molar-refractivity contribution in [3.8, 4) is 0 Å². The second kappa shape index (κ2) is 6.51. The summed E-state index contributed by atoms with van der Waals surface area (Å²) in [5.74, 6) is -1.60. The van der Waals surface area contributed by atoms with Crippen molar-refractivity contribution in [3.63, 3.8) is 0 Å². The molecule has 7 heteroatoms. The van der Waals surface area contributed by atoms with E-state index in [1.807, 2.05) is 0 Å². The number of esters is 3.